The van der Waals surface area contributed by atoms with Crippen LogP contribution in [-0.4, -0.2) is 20.4 Å². The molecule has 0 saturated heterocycles. The van der Waals surface area contributed by atoms with Crippen LogP contribution in [0.4, 0.5) is 34.1 Å². The highest BCUT2D eigenvalue weighted by Crippen LogP contribution is 2.64. The maximum Gasteiger partial charge on any atom is 0.252 e. The van der Waals surface area contributed by atoms with Gasteiger partial charge in [-0.25, -0.2) is 0 Å². The number of anilines is 6. The van der Waals surface area contributed by atoms with Crippen molar-refractivity contribution in [3.63, 3.8) is 0 Å². The zero-order valence-corrected chi connectivity index (χ0v) is 69.2. The van der Waals surface area contributed by atoms with Gasteiger partial charge in [-0.2, -0.15) is 0 Å². The highest BCUT2D eigenvalue weighted by Gasteiger charge is 2.53. The van der Waals surface area contributed by atoms with Gasteiger partial charge >= 0.3 is 0 Å². The van der Waals surface area contributed by atoms with Crippen molar-refractivity contribution < 1.29 is 0 Å². The molecule has 27 rings (SSSR count). The summed E-state index contributed by atoms with van der Waals surface area (Å²) >= 11 is 0. The minimum atomic E-state index is -0.620. The number of benzene rings is 20. The Balaban J connectivity index is 0.861. The topological polar surface area (TPSA) is 21.3 Å². The number of para-hydroxylation sites is 7. The zero-order valence-electron chi connectivity index (χ0n) is 69.2. The van der Waals surface area contributed by atoms with Crippen molar-refractivity contribution in [3.8, 4) is 106 Å². The maximum absolute atomic E-state index is 2.75. The number of aromatic nitrogens is 3. The lowest BCUT2D eigenvalue weighted by atomic mass is 9.33. The fourth-order valence-electron chi connectivity index (χ4n) is 22.9. The Morgan fingerprint density at radius 3 is 0.850 bits per heavy atom. The van der Waals surface area contributed by atoms with Crippen molar-refractivity contribution in [3.05, 3.63) is 483 Å². The van der Waals surface area contributed by atoms with Crippen LogP contribution in [-0.2, 0) is 5.41 Å². The summed E-state index contributed by atoms with van der Waals surface area (Å²) in [7, 11) is 0. The second kappa shape index (κ2) is 27.7. The van der Waals surface area contributed by atoms with Crippen LogP contribution in [0.25, 0.3) is 171 Å². The Bertz CT molecular complexity index is 8000. The molecule has 0 N–H and O–H groups in total. The number of rotatable bonds is 11. The molecule has 588 valence electrons. The first-order valence-corrected chi connectivity index (χ1v) is 44.2. The summed E-state index contributed by atoms with van der Waals surface area (Å²) in [6, 6.07) is 175. The third-order valence-electron chi connectivity index (χ3n) is 28.0. The Hall–Kier alpha value is -16.5. The van der Waals surface area contributed by atoms with E-state index in [1.807, 2.05) is 0 Å². The predicted molar refractivity (Wildman–Crippen MR) is 532 cm³/mol. The second-order valence-electron chi connectivity index (χ2n) is 34.4. The molecular formula is C121H76BN5. The van der Waals surface area contributed by atoms with Crippen molar-refractivity contribution in [2.75, 3.05) is 9.80 Å². The van der Waals surface area contributed by atoms with Crippen LogP contribution in [0.2, 0.25) is 0 Å². The second-order valence-corrected chi connectivity index (χ2v) is 34.4. The fourth-order valence-corrected chi connectivity index (χ4v) is 22.9. The van der Waals surface area contributed by atoms with E-state index in [4.69, 9.17) is 0 Å². The van der Waals surface area contributed by atoms with Gasteiger partial charge in [0.1, 0.15) is 0 Å². The molecular weight excluding hydrogens is 1530 g/mol. The van der Waals surface area contributed by atoms with Crippen LogP contribution in [0.15, 0.2) is 461 Å². The SMILES string of the molecule is c1ccc(-c2ccccc2-n2c3ccccc3c3cc4c(cc32)B2c3cc5c(cc3N(c3c(-c6ccccc6)cccc3-c3ccccc3)c3cc(-n6c7ccccc7c7cc8c(cc76)C6(c7ccccc7-c7ccccc76)c6ccccc6-8)cc(c32)N4c2c(-c3ccccc3)cccc2-c2ccccc2)c2ccccc2n5-c2ccccc2-c2ccccc2)cc1. The zero-order chi connectivity index (χ0) is 83.1. The number of hydrogen-bond acceptors (Lipinski definition) is 2. The minimum Gasteiger partial charge on any atom is -0.310 e. The van der Waals surface area contributed by atoms with Crippen molar-refractivity contribution >= 4 is 123 Å². The lowest BCUT2D eigenvalue weighted by Gasteiger charge is -2.46. The molecule has 5 nitrogen and oxygen atoms in total. The van der Waals surface area contributed by atoms with E-state index in [-0.39, 0.29) is 0 Å². The molecule has 2 aliphatic carbocycles. The van der Waals surface area contributed by atoms with E-state index in [0.29, 0.717) is 0 Å². The van der Waals surface area contributed by atoms with E-state index in [9.17, 15) is 0 Å². The van der Waals surface area contributed by atoms with Gasteiger partial charge in [0.25, 0.3) is 6.71 Å². The molecule has 2 aliphatic heterocycles. The average Bonchev–Trinajstić information content (AvgIpc) is 1.65. The summed E-state index contributed by atoms with van der Waals surface area (Å²) in [6.45, 7) is -0.438. The van der Waals surface area contributed by atoms with E-state index < -0.39 is 12.1 Å². The highest BCUT2D eigenvalue weighted by molar-refractivity contribution is 7.00. The third kappa shape index (κ3) is 10.2. The first-order valence-electron chi connectivity index (χ1n) is 44.2. The van der Waals surface area contributed by atoms with E-state index in [0.717, 1.165) is 173 Å². The first-order chi connectivity index (χ1) is 63.1. The molecule has 6 heteroatoms. The molecule has 0 fully saturated rings. The summed E-state index contributed by atoms with van der Waals surface area (Å²) in [5.41, 5.74) is 43.2. The van der Waals surface area contributed by atoms with Gasteiger partial charge in [-0.15, -0.1) is 0 Å². The Labute approximate surface area is 735 Å². The summed E-state index contributed by atoms with van der Waals surface area (Å²) in [5, 5.41) is 7.00. The summed E-state index contributed by atoms with van der Waals surface area (Å²) in [5.74, 6) is 0. The van der Waals surface area contributed by atoms with Gasteiger partial charge in [-0.1, -0.05) is 382 Å². The normalized spacial score (nSPS) is 13.1. The van der Waals surface area contributed by atoms with Crippen molar-refractivity contribution in [1.82, 2.24) is 13.7 Å². The minimum absolute atomic E-state index is 0.438. The lowest BCUT2D eigenvalue weighted by molar-refractivity contribution is 0.794. The Morgan fingerprint density at radius 2 is 0.465 bits per heavy atom. The van der Waals surface area contributed by atoms with Gasteiger partial charge in [-0.05, 0) is 173 Å². The molecule has 0 amide bonds. The smallest absolute Gasteiger partial charge is 0.252 e. The Morgan fingerprint density at radius 1 is 0.173 bits per heavy atom. The van der Waals surface area contributed by atoms with Crippen molar-refractivity contribution in [2.45, 2.75) is 5.41 Å². The van der Waals surface area contributed by atoms with Crippen molar-refractivity contribution in [1.29, 1.82) is 0 Å². The molecule has 0 atom stereocenters. The van der Waals surface area contributed by atoms with Gasteiger partial charge in [0.05, 0.1) is 67.0 Å². The molecule has 4 aliphatic rings. The van der Waals surface area contributed by atoms with Gasteiger partial charge < -0.3 is 23.5 Å². The monoisotopic (exact) mass is 1610 g/mol. The van der Waals surface area contributed by atoms with Gasteiger partial charge in [0, 0.05) is 88.4 Å². The molecule has 0 saturated carbocycles. The van der Waals surface area contributed by atoms with Crippen LogP contribution in [0.5, 0.6) is 0 Å². The molecule has 127 heavy (non-hydrogen) atoms. The van der Waals surface area contributed by atoms with Crippen LogP contribution in [0.3, 0.4) is 0 Å². The van der Waals surface area contributed by atoms with Gasteiger partial charge in [-0.3, -0.25) is 0 Å². The highest BCUT2D eigenvalue weighted by atomic mass is 15.2. The molecule has 1 spiro atoms. The Kier molecular flexibility index (Phi) is 15.5. The lowest BCUT2D eigenvalue weighted by Crippen LogP contribution is -2.61. The molecule has 0 unspecified atom stereocenters. The van der Waals surface area contributed by atoms with E-state index in [2.05, 4.69) is 485 Å². The standard InChI is InChI=1S/C121H76BN5/c1-7-37-77(38-8-1)84-49-22-30-64-106(84)124-109-67-33-25-55-94(109)98-72-114-104(75-112(98)124)122-105-76-113-99(95-56-26-34-68-110(95)125(113)107-65-31-23-50-85(107)78-39-9-2-10-40-78)73-115(105)127(120-88(81-45-15-5-16-46-81)59-36-60-89(120)82-47-17-6-18-48-82)117-70-83(69-116(118(117)122)126(114)119-86(79-41-11-3-12-42-79)57-35-58-87(119)80-43-13-4-14-44-80)123-108-66-32-24-54-93(108)97-71-96-92-53-21-29-63-102(92)121(103(96)74-111(97)123)100-61-27-19-51-90(100)91-52-20-28-62-101(91)121/h1-76H. The van der Waals surface area contributed by atoms with Crippen LogP contribution in [0.1, 0.15) is 22.3 Å². The summed E-state index contributed by atoms with van der Waals surface area (Å²) in [4.78, 5) is 5.50. The fraction of sp³-hybridized carbons (Fsp3) is 0.00826. The average molecular weight is 1610 g/mol. The van der Waals surface area contributed by atoms with E-state index >= 15 is 0 Å². The van der Waals surface area contributed by atoms with Gasteiger partial charge in [0.15, 0.2) is 0 Å². The first kappa shape index (κ1) is 71.1. The number of nitrogens with zero attached hydrogens (tertiary/aromatic N) is 5. The molecule has 0 bridgehead atoms. The molecule has 5 heterocycles. The molecule has 0 radical (unpaired) electrons. The molecule has 23 aromatic rings. The predicted octanol–water partition coefficient (Wildman–Crippen LogP) is 29.4. The van der Waals surface area contributed by atoms with Crippen molar-refractivity contribution in [2.24, 2.45) is 0 Å². The third-order valence-corrected chi connectivity index (χ3v) is 28.0. The largest absolute Gasteiger partial charge is 0.310 e. The maximum atomic E-state index is 2.75. The van der Waals surface area contributed by atoms with Crippen LogP contribution < -0.4 is 26.2 Å². The summed E-state index contributed by atoms with van der Waals surface area (Å²) in [6.07, 6.45) is 0. The molecule has 3 aromatic heterocycles. The van der Waals surface area contributed by atoms with Gasteiger partial charge in [0.2, 0.25) is 0 Å². The number of fused-ring (bicyclic) bond motifs is 23. The summed E-state index contributed by atoms with van der Waals surface area (Å²) < 4.78 is 7.81. The van der Waals surface area contributed by atoms with Crippen LogP contribution >= 0.6 is 0 Å². The molecule has 20 aromatic carbocycles. The van der Waals surface area contributed by atoms with E-state index in [1.54, 1.807) is 0 Å². The number of hydrogen-bond donors (Lipinski definition) is 0. The van der Waals surface area contributed by atoms with Crippen LogP contribution in [0, 0.1) is 0 Å². The van der Waals surface area contributed by atoms with E-state index in [1.165, 1.54) is 71.7 Å². The quantitative estimate of drug-likeness (QED) is 0.120.